The molecule has 0 atom stereocenters. The summed E-state index contributed by atoms with van der Waals surface area (Å²) in [6.07, 6.45) is 14.0. The van der Waals surface area contributed by atoms with Gasteiger partial charge in [-0.25, -0.2) is 4.98 Å². The third-order valence-electron chi connectivity index (χ3n) is 5.76. The predicted molar refractivity (Wildman–Crippen MR) is 103 cm³/mol. The molecule has 1 aromatic carbocycles. The monoisotopic (exact) mass is 339 g/mol. The molecule has 1 aromatic heterocycles. The van der Waals surface area contributed by atoms with Gasteiger partial charge < -0.3 is 0 Å². The van der Waals surface area contributed by atoms with Crippen molar-refractivity contribution in [2.24, 2.45) is 5.92 Å². The van der Waals surface area contributed by atoms with Crippen LogP contribution in [0.15, 0.2) is 42.6 Å². The van der Waals surface area contributed by atoms with Gasteiger partial charge in [0.05, 0.1) is 0 Å². The van der Waals surface area contributed by atoms with Gasteiger partial charge in [-0.3, -0.25) is 0 Å². The molecule has 1 aliphatic rings. The summed E-state index contributed by atoms with van der Waals surface area (Å²) in [5.74, 6) is 1.25. The first-order chi connectivity index (χ1) is 12.3. The first-order valence-corrected chi connectivity index (χ1v) is 9.98. The van der Waals surface area contributed by atoms with Crippen LogP contribution in [0.3, 0.4) is 0 Å². The van der Waals surface area contributed by atoms with Gasteiger partial charge in [0, 0.05) is 11.8 Å². The van der Waals surface area contributed by atoms with Crippen LogP contribution in [0, 0.1) is 11.9 Å². The van der Waals surface area contributed by atoms with Crippen molar-refractivity contribution in [2.45, 2.75) is 70.6 Å². The molecule has 0 spiro atoms. The zero-order valence-corrected chi connectivity index (χ0v) is 15.4. The maximum absolute atomic E-state index is 12.9. The number of unbranched alkanes of at least 4 members (excludes halogenated alkanes) is 3. The molecule has 1 heterocycles. The van der Waals surface area contributed by atoms with E-state index >= 15 is 0 Å². The molecule has 2 aromatic rings. The molecule has 3 rings (SSSR count). The largest absolute Gasteiger partial charge is 0.228 e. The number of hydrogen-bond donors (Lipinski definition) is 0. The average Bonchev–Trinajstić information content (AvgIpc) is 2.67. The van der Waals surface area contributed by atoms with Crippen LogP contribution in [0.4, 0.5) is 4.39 Å². The van der Waals surface area contributed by atoms with Gasteiger partial charge in [0.2, 0.25) is 5.95 Å². The Bertz CT molecular complexity index is 624. The van der Waals surface area contributed by atoms with E-state index in [0.717, 1.165) is 17.0 Å². The fraction of sp³-hybridized carbons (Fsp3) is 0.522. The minimum absolute atomic E-state index is 0.424. The van der Waals surface area contributed by atoms with Crippen molar-refractivity contribution < 1.29 is 4.39 Å². The van der Waals surface area contributed by atoms with E-state index in [-0.39, 0.29) is 0 Å². The van der Waals surface area contributed by atoms with Crippen molar-refractivity contribution in [3.63, 3.8) is 0 Å². The third-order valence-corrected chi connectivity index (χ3v) is 5.76. The molecule has 0 aliphatic heterocycles. The highest BCUT2D eigenvalue weighted by Gasteiger charge is 2.22. The summed E-state index contributed by atoms with van der Waals surface area (Å²) in [4.78, 5) is 3.75. The van der Waals surface area contributed by atoms with Crippen LogP contribution in [-0.2, 0) is 0 Å². The second-order valence-corrected chi connectivity index (χ2v) is 7.56. The van der Waals surface area contributed by atoms with Gasteiger partial charge in [0.1, 0.15) is 0 Å². The first-order valence-electron chi connectivity index (χ1n) is 9.98. The number of benzene rings is 1. The molecular weight excluding hydrogens is 309 g/mol. The summed E-state index contributed by atoms with van der Waals surface area (Å²) in [5, 5.41) is 0. The Kier molecular flexibility index (Phi) is 6.61. The molecule has 0 amide bonds. The molecule has 0 saturated heterocycles. The molecule has 1 nitrogen and oxygen atoms in total. The highest BCUT2D eigenvalue weighted by atomic mass is 19.1. The number of aromatic nitrogens is 1. The highest BCUT2D eigenvalue weighted by molar-refractivity contribution is 5.62. The SMILES string of the molecule is CCCCCC[C@H]1CC[C@H](c2ccc(-c3ccc(F)nc3)cc2)CC1. The Balaban J connectivity index is 1.51. The number of hydrogen-bond acceptors (Lipinski definition) is 1. The lowest BCUT2D eigenvalue weighted by Gasteiger charge is -2.29. The zero-order chi connectivity index (χ0) is 17.5. The topological polar surface area (TPSA) is 12.9 Å². The molecule has 0 radical (unpaired) electrons. The van der Waals surface area contributed by atoms with Crippen LogP contribution in [0.2, 0.25) is 0 Å². The van der Waals surface area contributed by atoms with Crippen LogP contribution in [0.1, 0.15) is 76.2 Å². The van der Waals surface area contributed by atoms with Crippen LogP contribution in [0.25, 0.3) is 11.1 Å². The third kappa shape index (κ3) is 5.14. The first kappa shape index (κ1) is 18.1. The van der Waals surface area contributed by atoms with Crippen molar-refractivity contribution in [1.29, 1.82) is 0 Å². The van der Waals surface area contributed by atoms with Gasteiger partial charge in [-0.15, -0.1) is 0 Å². The summed E-state index contributed by atoms with van der Waals surface area (Å²) >= 11 is 0. The van der Waals surface area contributed by atoms with Crippen molar-refractivity contribution in [1.82, 2.24) is 4.98 Å². The Morgan fingerprint density at radius 2 is 1.60 bits per heavy atom. The maximum Gasteiger partial charge on any atom is 0.212 e. The lowest BCUT2D eigenvalue weighted by molar-refractivity contribution is 0.302. The van der Waals surface area contributed by atoms with Crippen molar-refractivity contribution in [3.05, 3.63) is 54.1 Å². The van der Waals surface area contributed by atoms with E-state index in [1.165, 1.54) is 69.4 Å². The molecule has 1 saturated carbocycles. The van der Waals surface area contributed by atoms with Gasteiger partial charge in [0.15, 0.2) is 0 Å². The fourth-order valence-electron chi connectivity index (χ4n) is 4.14. The van der Waals surface area contributed by atoms with E-state index < -0.39 is 5.95 Å². The van der Waals surface area contributed by atoms with E-state index in [0.29, 0.717) is 5.92 Å². The quantitative estimate of drug-likeness (QED) is 0.386. The molecular formula is C23H30FN. The minimum Gasteiger partial charge on any atom is -0.228 e. The summed E-state index contributed by atoms with van der Waals surface area (Å²) in [6, 6.07) is 12.0. The van der Waals surface area contributed by atoms with Gasteiger partial charge in [-0.05, 0) is 60.8 Å². The fourth-order valence-corrected chi connectivity index (χ4v) is 4.14. The molecule has 0 unspecified atom stereocenters. The number of rotatable bonds is 7. The van der Waals surface area contributed by atoms with Crippen LogP contribution in [0.5, 0.6) is 0 Å². The Morgan fingerprint density at radius 3 is 2.24 bits per heavy atom. The Labute approximate surface area is 151 Å². The summed E-state index contributed by atoms with van der Waals surface area (Å²) in [7, 11) is 0. The number of halogens is 1. The van der Waals surface area contributed by atoms with Crippen molar-refractivity contribution in [3.8, 4) is 11.1 Å². The van der Waals surface area contributed by atoms with Gasteiger partial charge in [-0.2, -0.15) is 4.39 Å². The van der Waals surface area contributed by atoms with Gasteiger partial charge >= 0.3 is 0 Å². The van der Waals surface area contributed by atoms with Crippen molar-refractivity contribution in [2.75, 3.05) is 0 Å². The molecule has 134 valence electrons. The summed E-state index contributed by atoms with van der Waals surface area (Å²) < 4.78 is 12.9. The van der Waals surface area contributed by atoms with Crippen LogP contribution >= 0.6 is 0 Å². The standard InChI is InChI=1S/C23H30FN/c1-2-3-4-5-6-18-7-9-19(10-8-18)20-11-13-21(14-12-20)22-15-16-23(24)25-17-22/h11-19H,2-10H2,1H3/t18-,19-. The van der Waals surface area contributed by atoms with E-state index in [2.05, 4.69) is 36.2 Å². The van der Waals surface area contributed by atoms with E-state index in [1.54, 1.807) is 12.3 Å². The predicted octanol–water partition coefficient (Wildman–Crippen LogP) is 7.13. The van der Waals surface area contributed by atoms with Gasteiger partial charge in [-0.1, -0.05) is 63.3 Å². The Morgan fingerprint density at radius 1 is 0.880 bits per heavy atom. The molecule has 0 N–H and O–H groups in total. The lowest BCUT2D eigenvalue weighted by Crippen LogP contribution is -2.13. The summed E-state index contributed by atoms with van der Waals surface area (Å²) in [6.45, 7) is 2.28. The second-order valence-electron chi connectivity index (χ2n) is 7.56. The summed E-state index contributed by atoms with van der Waals surface area (Å²) in [5.41, 5.74) is 3.55. The number of pyridine rings is 1. The van der Waals surface area contributed by atoms with E-state index in [4.69, 9.17) is 0 Å². The normalized spacial score (nSPS) is 20.6. The number of nitrogens with zero attached hydrogens (tertiary/aromatic N) is 1. The van der Waals surface area contributed by atoms with Crippen LogP contribution in [-0.4, -0.2) is 4.98 Å². The molecule has 25 heavy (non-hydrogen) atoms. The zero-order valence-electron chi connectivity index (χ0n) is 15.4. The lowest BCUT2D eigenvalue weighted by atomic mass is 9.77. The van der Waals surface area contributed by atoms with E-state index in [9.17, 15) is 4.39 Å². The molecule has 0 bridgehead atoms. The molecule has 2 heteroatoms. The second kappa shape index (κ2) is 9.12. The Hall–Kier alpha value is -1.70. The van der Waals surface area contributed by atoms with Gasteiger partial charge in [0.25, 0.3) is 0 Å². The molecule has 1 aliphatic carbocycles. The maximum atomic E-state index is 12.9. The highest BCUT2D eigenvalue weighted by Crippen LogP contribution is 2.38. The van der Waals surface area contributed by atoms with Crippen molar-refractivity contribution >= 4 is 0 Å². The average molecular weight is 339 g/mol. The van der Waals surface area contributed by atoms with Crippen LogP contribution < -0.4 is 0 Å². The minimum atomic E-state index is -0.424. The van der Waals surface area contributed by atoms with E-state index in [1.807, 2.05) is 0 Å². The smallest absolute Gasteiger partial charge is 0.212 e. The molecule has 1 fully saturated rings.